The third kappa shape index (κ3) is 2.73. The molecule has 2 aromatic rings. The number of aromatic nitrogens is 1. The fourth-order valence-electron chi connectivity index (χ4n) is 2.38. The Morgan fingerprint density at radius 2 is 2.15 bits per heavy atom. The molecule has 3 nitrogen and oxygen atoms in total. The van der Waals surface area contributed by atoms with Gasteiger partial charge in [-0.1, -0.05) is 17.7 Å². The number of hydrogen-bond acceptors (Lipinski definition) is 1. The SMILES string of the molecule is Cn1cccc1CN(C(=O)c1cccc(Cl)c1)C1CC1. The first-order chi connectivity index (χ1) is 9.65. The van der Waals surface area contributed by atoms with Crippen LogP contribution in [0.3, 0.4) is 0 Å². The average Bonchev–Trinajstić information content (AvgIpc) is 3.19. The van der Waals surface area contributed by atoms with Gasteiger partial charge in [0.2, 0.25) is 0 Å². The second-order valence-electron chi connectivity index (χ2n) is 5.29. The van der Waals surface area contributed by atoms with E-state index in [4.69, 9.17) is 11.6 Å². The van der Waals surface area contributed by atoms with E-state index in [1.807, 2.05) is 36.3 Å². The molecule has 0 N–H and O–H groups in total. The Hall–Kier alpha value is -1.74. The molecular weight excluding hydrogens is 272 g/mol. The summed E-state index contributed by atoms with van der Waals surface area (Å²) in [5.74, 6) is 0.0659. The Morgan fingerprint density at radius 1 is 1.35 bits per heavy atom. The summed E-state index contributed by atoms with van der Waals surface area (Å²) in [5, 5.41) is 0.602. The van der Waals surface area contributed by atoms with E-state index in [1.165, 1.54) is 0 Å². The van der Waals surface area contributed by atoms with E-state index >= 15 is 0 Å². The van der Waals surface area contributed by atoms with Crippen molar-refractivity contribution in [2.45, 2.75) is 25.4 Å². The topological polar surface area (TPSA) is 25.2 Å². The number of benzene rings is 1. The van der Waals surface area contributed by atoms with Crippen LogP contribution in [0.15, 0.2) is 42.6 Å². The van der Waals surface area contributed by atoms with Gasteiger partial charge in [0.15, 0.2) is 0 Å². The second kappa shape index (κ2) is 5.33. The van der Waals surface area contributed by atoms with Crippen LogP contribution in [-0.2, 0) is 13.6 Å². The molecule has 1 aromatic carbocycles. The minimum Gasteiger partial charge on any atom is -0.353 e. The van der Waals surface area contributed by atoms with Gasteiger partial charge in [-0.3, -0.25) is 4.79 Å². The van der Waals surface area contributed by atoms with Crippen LogP contribution in [0.5, 0.6) is 0 Å². The van der Waals surface area contributed by atoms with Gasteiger partial charge in [-0.15, -0.1) is 0 Å². The highest BCUT2D eigenvalue weighted by Gasteiger charge is 2.33. The van der Waals surface area contributed by atoms with Crippen molar-refractivity contribution in [2.75, 3.05) is 0 Å². The van der Waals surface area contributed by atoms with Gasteiger partial charge in [-0.05, 0) is 43.2 Å². The van der Waals surface area contributed by atoms with Crippen molar-refractivity contribution >= 4 is 17.5 Å². The lowest BCUT2D eigenvalue weighted by Crippen LogP contribution is -2.33. The number of nitrogens with zero attached hydrogens (tertiary/aromatic N) is 2. The monoisotopic (exact) mass is 288 g/mol. The molecule has 20 heavy (non-hydrogen) atoms. The van der Waals surface area contributed by atoms with Crippen LogP contribution < -0.4 is 0 Å². The first-order valence-corrected chi connectivity index (χ1v) is 7.19. The molecule has 0 bridgehead atoms. The van der Waals surface area contributed by atoms with E-state index < -0.39 is 0 Å². The van der Waals surface area contributed by atoms with Gasteiger partial charge < -0.3 is 9.47 Å². The maximum absolute atomic E-state index is 12.7. The Bertz CT molecular complexity index is 631. The summed E-state index contributed by atoms with van der Waals surface area (Å²) in [5.41, 5.74) is 1.81. The molecule has 4 heteroatoms. The molecular formula is C16H17ClN2O. The van der Waals surface area contributed by atoms with Gasteiger partial charge in [-0.25, -0.2) is 0 Å². The van der Waals surface area contributed by atoms with Crippen molar-refractivity contribution in [3.63, 3.8) is 0 Å². The molecule has 1 aliphatic rings. The molecule has 0 aliphatic heterocycles. The van der Waals surface area contributed by atoms with Gasteiger partial charge in [0.25, 0.3) is 5.91 Å². The molecule has 1 saturated carbocycles. The van der Waals surface area contributed by atoms with Gasteiger partial charge in [0.05, 0.1) is 6.54 Å². The lowest BCUT2D eigenvalue weighted by Gasteiger charge is -2.23. The first-order valence-electron chi connectivity index (χ1n) is 6.82. The van der Waals surface area contributed by atoms with Crippen LogP contribution in [0.25, 0.3) is 0 Å². The van der Waals surface area contributed by atoms with Crippen molar-refractivity contribution < 1.29 is 4.79 Å². The first kappa shape index (κ1) is 13.3. The van der Waals surface area contributed by atoms with Crippen LogP contribution in [0, 0.1) is 0 Å². The summed E-state index contributed by atoms with van der Waals surface area (Å²) in [6, 6.07) is 11.6. The molecule has 0 atom stereocenters. The Labute approximate surface area is 123 Å². The van der Waals surface area contributed by atoms with Gasteiger partial charge in [0.1, 0.15) is 0 Å². The normalized spacial score (nSPS) is 14.3. The maximum atomic E-state index is 12.7. The third-order valence-corrected chi connectivity index (χ3v) is 3.94. The Balaban J connectivity index is 1.84. The molecule has 1 heterocycles. The summed E-state index contributed by atoms with van der Waals surface area (Å²) < 4.78 is 2.06. The third-order valence-electron chi connectivity index (χ3n) is 3.70. The average molecular weight is 289 g/mol. The highest BCUT2D eigenvalue weighted by atomic mass is 35.5. The number of hydrogen-bond donors (Lipinski definition) is 0. The standard InChI is InChI=1S/C16H17ClN2O/c1-18-9-3-6-15(18)11-19(14-7-8-14)16(20)12-4-2-5-13(17)10-12/h2-6,9-10,14H,7-8,11H2,1H3. The lowest BCUT2D eigenvalue weighted by atomic mass is 10.2. The summed E-state index contributed by atoms with van der Waals surface area (Å²) >= 11 is 5.98. The molecule has 0 unspecified atom stereocenters. The van der Waals surface area contributed by atoms with E-state index in [0.717, 1.165) is 18.5 Å². The van der Waals surface area contributed by atoms with Crippen molar-refractivity contribution in [3.05, 3.63) is 58.9 Å². The minimum atomic E-state index is 0.0659. The van der Waals surface area contributed by atoms with E-state index in [1.54, 1.807) is 12.1 Å². The zero-order valence-corrected chi connectivity index (χ0v) is 12.2. The predicted octanol–water partition coefficient (Wildman–Crippen LogP) is 3.48. The predicted molar refractivity (Wildman–Crippen MR) is 79.8 cm³/mol. The van der Waals surface area contributed by atoms with Gasteiger partial charge >= 0.3 is 0 Å². The molecule has 0 saturated heterocycles. The van der Waals surface area contributed by atoms with E-state index in [0.29, 0.717) is 23.2 Å². The van der Waals surface area contributed by atoms with Crippen molar-refractivity contribution in [1.82, 2.24) is 9.47 Å². The van der Waals surface area contributed by atoms with Crippen LogP contribution >= 0.6 is 11.6 Å². The fourth-order valence-corrected chi connectivity index (χ4v) is 2.57. The van der Waals surface area contributed by atoms with Crippen LogP contribution in [-0.4, -0.2) is 21.4 Å². The molecule has 1 aliphatic carbocycles. The largest absolute Gasteiger partial charge is 0.353 e. The molecule has 1 amide bonds. The zero-order chi connectivity index (χ0) is 14.1. The quantitative estimate of drug-likeness (QED) is 0.845. The van der Waals surface area contributed by atoms with Crippen molar-refractivity contribution in [1.29, 1.82) is 0 Å². The van der Waals surface area contributed by atoms with Gasteiger partial charge in [0, 0.05) is 35.6 Å². The van der Waals surface area contributed by atoms with Crippen molar-refractivity contribution in [2.24, 2.45) is 7.05 Å². The fraction of sp³-hybridized carbons (Fsp3) is 0.312. The highest BCUT2D eigenvalue weighted by Crippen LogP contribution is 2.30. The zero-order valence-electron chi connectivity index (χ0n) is 11.4. The summed E-state index contributed by atoms with van der Waals surface area (Å²) in [4.78, 5) is 14.6. The number of rotatable bonds is 4. The highest BCUT2D eigenvalue weighted by molar-refractivity contribution is 6.30. The maximum Gasteiger partial charge on any atom is 0.254 e. The summed E-state index contributed by atoms with van der Waals surface area (Å²) in [7, 11) is 2.00. The molecule has 0 radical (unpaired) electrons. The van der Waals surface area contributed by atoms with Gasteiger partial charge in [-0.2, -0.15) is 0 Å². The molecule has 1 fully saturated rings. The minimum absolute atomic E-state index is 0.0659. The Morgan fingerprint density at radius 3 is 2.75 bits per heavy atom. The number of amides is 1. The summed E-state index contributed by atoms with van der Waals surface area (Å²) in [6.45, 7) is 0.652. The number of aryl methyl sites for hydroxylation is 1. The second-order valence-corrected chi connectivity index (χ2v) is 5.72. The van der Waals surface area contributed by atoms with E-state index in [2.05, 4.69) is 10.6 Å². The van der Waals surface area contributed by atoms with Crippen molar-refractivity contribution in [3.8, 4) is 0 Å². The molecule has 0 spiro atoms. The van der Waals surface area contributed by atoms with Crippen LogP contribution in [0.2, 0.25) is 5.02 Å². The smallest absolute Gasteiger partial charge is 0.254 e. The van der Waals surface area contributed by atoms with Crippen LogP contribution in [0.4, 0.5) is 0 Å². The number of carbonyl (C=O) groups excluding carboxylic acids is 1. The molecule has 104 valence electrons. The van der Waals surface area contributed by atoms with E-state index in [-0.39, 0.29) is 5.91 Å². The molecule has 1 aromatic heterocycles. The molecule has 3 rings (SSSR count). The lowest BCUT2D eigenvalue weighted by molar-refractivity contribution is 0.0726. The number of carbonyl (C=O) groups is 1. The number of halogens is 1. The Kier molecular flexibility index (Phi) is 3.53. The van der Waals surface area contributed by atoms with Crippen LogP contribution in [0.1, 0.15) is 28.9 Å². The van der Waals surface area contributed by atoms with E-state index in [9.17, 15) is 4.79 Å². The summed E-state index contributed by atoms with van der Waals surface area (Å²) in [6.07, 6.45) is 4.19.